The van der Waals surface area contributed by atoms with E-state index in [1.807, 2.05) is 0 Å². The van der Waals surface area contributed by atoms with E-state index in [1.54, 1.807) is 9.80 Å². The number of carboxylic acid groups (broad SMARTS) is 4. The molecule has 0 radical (unpaired) electrons. The second-order valence-electron chi connectivity index (χ2n) is 8.99. The number of nitrogens with zero attached hydrogens (tertiary/aromatic N) is 2. The van der Waals surface area contributed by atoms with Gasteiger partial charge in [0.25, 0.3) is 0 Å². The van der Waals surface area contributed by atoms with E-state index in [-0.39, 0.29) is 35.7 Å². The number of hydrogen-bond acceptors (Lipinski definition) is 9. The van der Waals surface area contributed by atoms with E-state index in [4.69, 9.17) is 28.8 Å². The Morgan fingerprint density at radius 2 is 1.03 bits per heavy atom. The zero-order valence-electron chi connectivity index (χ0n) is 19.2. The summed E-state index contributed by atoms with van der Waals surface area (Å²) >= 11 is 11.9. The summed E-state index contributed by atoms with van der Waals surface area (Å²) in [6.07, 6.45) is 3.03. The Morgan fingerprint density at radius 1 is 0.686 bits per heavy atom. The van der Waals surface area contributed by atoms with Crippen molar-refractivity contribution in [3.63, 3.8) is 0 Å². The zero-order chi connectivity index (χ0) is 26.7. The van der Waals surface area contributed by atoms with E-state index in [9.17, 15) is 39.6 Å². The summed E-state index contributed by atoms with van der Waals surface area (Å²) in [5.41, 5.74) is 0. The molecule has 0 aromatic carbocycles. The standard InChI is InChI=1S/C21H34N2O8S2.O.Tc/c24-18(25)10-22(14-4-2-12(20(28)29)8-16(14)32)6-1-7-23(11-19(26)27)15-5-3-13(21(30)31)9-17(15)33;;/h12-17,32-33H,1-11H2,(H,24,25)(H,26,27)(H,28,29)(H,30,31);;/q;;+4/p-2. The van der Waals surface area contributed by atoms with Crippen molar-refractivity contribution < 1.29 is 62.0 Å². The molecule has 0 aromatic heterocycles. The zero-order valence-corrected chi connectivity index (χ0v) is 22.7. The molecule has 2 rings (SSSR count). The molecule has 4 N–H and O–H groups in total. The Hall–Kier alpha value is -1.05. The van der Waals surface area contributed by atoms with E-state index in [1.165, 1.54) is 0 Å². The molecule has 2 aliphatic carbocycles. The minimum atomic E-state index is -1.00. The molecule has 11 nitrogen and oxygen atoms in total. The van der Waals surface area contributed by atoms with Crippen LogP contribution in [0.3, 0.4) is 0 Å². The second-order valence-corrected chi connectivity index (χ2v) is 10.2. The Balaban J connectivity index is 0.00000298. The van der Waals surface area contributed by atoms with E-state index < -0.39 is 35.7 Å². The van der Waals surface area contributed by atoms with Crippen LogP contribution >= 0.6 is 0 Å². The summed E-state index contributed by atoms with van der Waals surface area (Å²) in [5, 5.41) is 36.4. The number of carboxylic acids is 4. The fraction of sp³-hybridized carbons (Fsp3) is 0.810. The normalized spacial score (nSPS) is 28.7. The van der Waals surface area contributed by atoms with Gasteiger partial charge in [-0.25, -0.2) is 0 Å². The van der Waals surface area contributed by atoms with Crippen molar-refractivity contribution in [2.45, 2.75) is 67.5 Å². The van der Waals surface area contributed by atoms with Gasteiger partial charge in [0.2, 0.25) is 0 Å². The maximum absolute atomic E-state index is 11.4. The third-order valence-electron chi connectivity index (χ3n) is 6.72. The van der Waals surface area contributed by atoms with Crippen molar-refractivity contribution in [1.29, 1.82) is 0 Å². The first-order chi connectivity index (χ1) is 16.5. The fourth-order valence-corrected chi connectivity index (χ4v) is 6.14. The van der Waals surface area contributed by atoms with Gasteiger partial charge in [0, 0.05) is 13.1 Å². The minimum absolute atomic E-state index is 0.220. The van der Waals surface area contributed by atoms with Gasteiger partial charge in [0.1, 0.15) is 0 Å². The average Bonchev–Trinajstić information content (AvgIpc) is 2.78. The van der Waals surface area contributed by atoms with Crippen molar-refractivity contribution in [3.05, 3.63) is 0 Å². The molecule has 6 atom stereocenters. The molecule has 0 aromatic rings. The first-order valence-electron chi connectivity index (χ1n) is 11.3. The molecule has 197 valence electrons. The van der Waals surface area contributed by atoms with E-state index in [2.05, 4.69) is 0 Å². The molecule has 0 saturated heterocycles. The molecule has 0 heterocycles. The average molecular weight is 619 g/mol. The van der Waals surface area contributed by atoms with Crippen LogP contribution in [0.25, 0.3) is 0 Å². The molecule has 0 spiro atoms. The fourth-order valence-electron chi connectivity index (χ4n) is 5.06. The quantitative estimate of drug-likeness (QED) is 0.221. The molecule has 2 saturated carbocycles. The van der Waals surface area contributed by atoms with Crippen LogP contribution in [0.2, 0.25) is 0 Å². The summed E-state index contributed by atoms with van der Waals surface area (Å²) in [7, 11) is 0. The molecular formula is C21H32N2O9S2Tc+2. The van der Waals surface area contributed by atoms with E-state index >= 15 is 0 Å². The Kier molecular flexibility index (Phi) is 14.6. The van der Waals surface area contributed by atoms with Crippen molar-refractivity contribution in [2.24, 2.45) is 11.8 Å². The Morgan fingerprint density at radius 3 is 1.29 bits per heavy atom. The summed E-state index contributed by atoms with van der Waals surface area (Å²) in [4.78, 5) is 48.9. The summed E-state index contributed by atoms with van der Waals surface area (Å²) in [6, 6.07) is -0.449. The van der Waals surface area contributed by atoms with Crippen LogP contribution in [0, 0.1) is 11.8 Å². The predicted molar refractivity (Wildman–Crippen MR) is 124 cm³/mol. The first-order valence-corrected chi connectivity index (χ1v) is 13.0. The molecule has 0 aliphatic heterocycles. The van der Waals surface area contributed by atoms with Crippen LogP contribution in [0.5, 0.6) is 0 Å². The van der Waals surface area contributed by atoms with Crippen LogP contribution in [0.1, 0.15) is 44.9 Å². The number of hydrogen-bond donors (Lipinski definition) is 4. The third kappa shape index (κ3) is 10.5. The SMILES string of the molecule is O=C(O)CN(CCCN(CC(=O)O)C1CCC(C(=O)O)CC1[S-])C1CCC(C(=O)O)CC1[S-].[O]=[Tc+4]. The maximum atomic E-state index is 11.4. The van der Waals surface area contributed by atoms with Gasteiger partial charge in [-0.1, -0.05) is 12.8 Å². The summed E-state index contributed by atoms with van der Waals surface area (Å²) in [6.45, 7) is 0.318. The van der Waals surface area contributed by atoms with Gasteiger partial charge < -0.3 is 45.7 Å². The molecule has 0 bridgehead atoms. The molecule has 2 fully saturated rings. The van der Waals surface area contributed by atoms with Crippen LogP contribution in [-0.2, 0) is 66.8 Å². The number of rotatable bonds is 12. The van der Waals surface area contributed by atoms with Gasteiger partial charge in [0.15, 0.2) is 0 Å². The number of carbonyl (C=O) groups is 4. The van der Waals surface area contributed by atoms with Crippen LogP contribution in [0.4, 0.5) is 0 Å². The van der Waals surface area contributed by atoms with Gasteiger partial charge in [-0.3, -0.25) is 29.0 Å². The molecular weight excluding hydrogens is 586 g/mol. The predicted octanol–water partition coefficient (Wildman–Crippen LogP) is 0.366. The van der Waals surface area contributed by atoms with Crippen molar-refractivity contribution >= 4 is 49.1 Å². The molecule has 14 heteroatoms. The first kappa shape index (κ1) is 32.0. The van der Waals surface area contributed by atoms with Crippen LogP contribution in [-0.4, -0.2) is 103 Å². The van der Waals surface area contributed by atoms with Gasteiger partial charge in [0.05, 0.1) is 24.9 Å². The third-order valence-corrected chi connectivity index (χ3v) is 7.73. The van der Waals surface area contributed by atoms with Crippen molar-refractivity contribution in [2.75, 3.05) is 26.2 Å². The summed E-state index contributed by atoms with van der Waals surface area (Å²) in [5.74, 6) is -4.78. The van der Waals surface area contributed by atoms with Gasteiger partial charge in [-0.2, -0.15) is 0 Å². The monoisotopic (exact) mass is 617 g/mol. The Bertz CT molecular complexity index is 690. The van der Waals surface area contributed by atoms with Crippen molar-refractivity contribution in [1.82, 2.24) is 9.80 Å². The molecule has 0 amide bonds. The van der Waals surface area contributed by atoms with E-state index in [0.29, 0.717) is 58.0 Å². The molecule has 2 aliphatic rings. The van der Waals surface area contributed by atoms with Crippen molar-refractivity contribution in [3.8, 4) is 0 Å². The Labute approximate surface area is 225 Å². The van der Waals surface area contributed by atoms with Crippen LogP contribution in [0.15, 0.2) is 0 Å². The van der Waals surface area contributed by atoms with Gasteiger partial charge in [-0.05, 0) is 44.2 Å². The summed E-state index contributed by atoms with van der Waals surface area (Å²) < 4.78 is 8.22. The topological polar surface area (TPSA) is 173 Å². The second kappa shape index (κ2) is 15.9. The molecule has 35 heavy (non-hydrogen) atoms. The van der Waals surface area contributed by atoms with Crippen LogP contribution < -0.4 is 0 Å². The van der Waals surface area contributed by atoms with E-state index in [0.717, 1.165) is 18.9 Å². The molecule has 6 unspecified atom stereocenters. The van der Waals surface area contributed by atoms with Gasteiger partial charge >= 0.3 is 46.2 Å². The van der Waals surface area contributed by atoms with Gasteiger partial charge in [-0.15, -0.1) is 10.5 Å². The number of aliphatic carboxylic acids is 4.